The zero-order chi connectivity index (χ0) is 19.9. The fourth-order valence-corrected chi connectivity index (χ4v) is 3.76. The van der Waals surface area contributed by atoms with Gasteiger partial charge in [0.15, 0.2) is 5.58 Å². The summed E-state index contributed by atoms with van der Waals surface area (Å²) >= 11 is 0. The standard InChI is InChI=1S/C25H39NO2/c1-2-3-4-5-6-7-8-9-10-11-12-13-14-15-16-20-23(27)25-26-22-19-17-18-21-24(22)28-25/h17-19,21H,2-16,20H2,1H3. The molecule has 28 heavy (non-hydrogen) atoms. The predicted octanol–water partition coefficient (Wildman–Crippen LogP) is 8.27. The Labute approximate surface area is 171 Å². The Balaban J connectivity index is 1.38. The van der Waals surface area contributed by atoms with Crippen molar-refractivity contribution < 1.29 is 9.21 Å². The third-order valence-electron chi connectivity index (χ3n) is 5.54. The van der Waals surface area contributed by atoms with Crippen LogP contribution in [0.15, 0.2) is 28.7 Å². The Morgan fingerprint density at radius 1 is 0.750 bits per heavy atom. The molecule has 0 aliphatic rings. The number of hydrogen-bond donors (Lipinski definition) is 0. The fraction of sp³-hybridized carbons (Fsp3) is 0.680. The summed E-state index contributed by atoms with van der Waals surface area (Å²) in [5.74, 6) is 0.303. The first-order chi connectivity index (χ1) is 13.8. The quantitative estimate of drug-likeness (QED) is 0.203. The summed E-state index contributed by atoms with van der Waals surface area (Å²) in [6, 6.07) is 7.54. The van der Waals surface area contributed by atoms with E-state index >= 15 is 0 Å². The Morgan fingerprint density at radius 2 is 1.25 bits per heavy atom. The van der Waals surface area contributed by atoms with E-state index in [0.717, 1.165) is 18.4 Å². The molecule has 1 aromatic carbocycles. The minimum absolute atomic E-state index is 0.0332. The molecule has 2 aromatic rings. The summed E-state index contributed by atoms with van der Waals surface area (Å²) in [4.78, 5) is 16.5. The van der Waals surface area contributed by atoms with Gasteiger partial charge in [-0.2, -0.15) is 0 Å². The fourth-order valence-electron chi connectivity index (χ4n) is 3.76. The SMILES string of the molecule is CCCCCCCCCCCCCCCCCC(=O)c1nc2ccccc2o1. The monoisotopic (exact) mass is 385 g/mol. The molecule has 1 heterocycles. The highest BCUT2D eigenvalue weighted by atomic mass is 16.4. The van der Waals surface area contributed by atoms with E-state index in [2.05, 4.69) is 11.9 Å². The third-order valence-corrected chi connectivity index (χ3v) is 5.54. The van der Waals surface area contributed by atoms with Gasteiger partial charge in [0.25, 0.3) is 5.89 Å². The van der Waals surface area contributed by atoms with E-state index in [1.807, 2.05) is 24.3 Å². The number of hydrogen-bond acceptors (Lipinski definition) is 3. The van der Waals surface area contributed by atoms with E-state index in [-0.39, 0.29) is 11.7 Å². The third kappa shape index (κ3) is 9.03. The van der Waals surface area contributed by atoms with Gasteiger partial charge in [0.1, 0.15) is 5.52 Å². The molecule has 0 radical (unpaired) electrons. The number of carbonyl (C=O) groups is 1. The average molecular weight is 386 g/mol. The maximum absolute atomic E-state index is 12.2. The zero-order valence-electron chi connectivity index (χ0n) is 17.9. The molecule has 0 aliphatic carbocycles. The van der Waals surface area contributed by atoms with Gasteiger partial charge in [-0.1, -0.05) is 109 Å². The largest absolute Gasteiger partial charge is 0.434 e. The molecule has 0 atom stereocenters. The van der Waals surface area contributed by atoms with Crippen LogP contribution in [0, 0.1) is 0 Å². The molecular weight excluding hydrogens is 346 g/mol. The summed E-state index contributed by atoms with van der Waals surface area (Å²) < 4.78 is 5.54. The number of carbonyl (C=O) groups excluding carboxylic acids is 1. The molecule has 0 amide bonds. The normalized spacial score (nSPS) is 11.3. The summed E-state index contributed by atoms with van der Waals surface area (Å²) in [5, 5.41) is 0. The van der Waals surface area contributed by atoms with Crippen molar-refractivity contribution in [3.05, 3.63) is 30.2 Å². The van der Waals surface area contributed by atoms with Crippen LogP contribution in [0.2, 0.25) is 0 Å². The number of para-hydroxylation sites is 2. The number of unbranched alkanes of at least 4 members (excludes halogenated alkanes) is 14. The highest BCUT2D eigenvalue weighted by molar-refractivity contribution is 5.94. The van der Waals surface area contributed by atoms with Gasteiger partial charge in [0.05, 0.1) is 0 Å². The Kier molecular flexibility index (Phi) is 11.6. The molecule has 0 fully saturated rings. The van der Waals surface area contributed by atoms with Crippen LogP contribution in [-0.4, -0.2) is 10.8 Å². The lowest BCUT2D eigenvalue weighted by Gasteiger charge is -2.03. The lowest BCUT2D eigenvalue weighted by molar-refractivity contribution is 0.0947. The van der Waals surface area contributed by atoms with Crippen LogP contribution < -0.4 is 0 Å². The van der Waals surface area contributed by atoms with E-state index in [1.165, 1.54) is 83.5 Å². The maximum Gasteiger partial charge on any atom is 0.264 e. The number of aromatic nitrogens is 1. The van der Waals surface area contributed by atoms with Crippen LogP contribution in [0.25, 0.3) is 11.1 Å². The van der Waals surface area contributed by atoms with Crippen LogP contribution in [0.4, 0.5) is 0 Å². The minimum atomic E-state index is 0.0332. The summed E-state index contributed by atoms with van der Waals surface area (Å²) in [7, 11) is 0. The molecule has 0 saturated heterocycles. The van der Waals surface area contributed by atoms with Gasteiger partial charge < -0.3 is 4.42 Å². The first kappa shape index (κ1) is 22.6. The number of fused-ring (bicyclic) bond motifs is 1. The first-order valence-corrected chi connectivity index (χ1v) is 11.7. The zero-order valence-corrected chi connectivity index (χ0v) is 17.9. The van der Waals surface area contributed by atoms with Crippen molar-refractivity contribution in [3.63, 3.8) is 0 Å². The minimum Gasteiger partial charge on any atom is -0.434 e. The van der Waals surface area contributed by atoms with Crippen LogP contribution in [0.5, 0.6) is 0 Å². The van der Waals surface area contributed by atoms with Crippen molar-refractivity contribution in [2.45, 2.75) is 110 Å². The van der Waals surface area contributed by atoms with Crippen LogP contribution in [0.3, 0.4) is 0 Å². The van der Waals surface area contributed by atoms with Crippen molar-refractivity contribution in [2.75, 3.05) is 0 Å². The van der Waals surface area contributed by atoms with Crippen molar-refractivity contribution in [2.24, 2.45) is 0 Å². The van der Waals surface area contributed by atoms with Gasteiger partial charge >= 0.3 is 0 Å². The van der Waals surface area contributed by atoms with E-state index in [0.29, 0.717) is 12.0 Å². The molecule has 0 aliphatic heterocycles. The molecule has 156 valence electrons. The number of rotatable bonds is 17. The summed E-state index contributed by atoms with van der Waals surface area (Å²) in [6.45, 7) is 2.28. The molecule has 1 aromatic heterocycles. The van der Waals surface area contributed by atoms with E-state index < -0.39 is 0 Å². The van der Waals surface area contributed by atoms with Gasteiger partial charge in [0, 0.05) is 6.42 Å². The van der Waals surface area contributed by atoms with Crippen molar-refractivity contribution in [1.29, 1.82) is 0 Å². The molecule has 0 saturated carbocycles. The summed E-state index contributed by atoms with van der Waals surface area (Å²) in [5.41, 5.74) is 1.46. The molecular formula is C25H39NO2. The lowest BCUT2D eigenvalue weighted by Crippen LogP contribution is -1.99. The van der Waals surface area contributed by atoms with Gasteiger partial charge in [-0.05, 0) is 18.6 Å². The molecule has 3 nitrogen and oxygen atoms in total. The lowest BCUT2D eigenvalue weighted by atomic mass is 10.0. The predicted molar refractivity (Wildman–Crippen MR) is 118 cm³/mol. The topological polar surface area (TPSA) is 43.1 Å². The van der Waals surface area contributed by atoms with Gasteiger partial charge in [0.2, 0.25) is 5.78 Å². The van der Waals surface area contributed by atoms with E-state index in [9.17, 15) is 4.79 Å². The Bertz CT molecular complexity index is 628. The number of benzene rings is 1. The maximum atomic E-state index is 12.2. The number of nitrogens with zero attached hydrogens (tertiary/aromatic N) is 1. The van der Waals surface area contributed by atoms with Crippen molar-refractivity contribution >= 4 is 16.9 Å². The molecule has 2 rings (SSSR count). The molecule has 0 N–H and O–H groups in total. The van der Waals surface area contributed by atoms with Crippen molar-refractivity contribution in [3.8, 4) is 0 Å². The van der Waals surface area contributed by atoms with Gasteiger partial charge in [-0.3, -0.25) is 4.79 Å². The second-order valence-electron chi connectivity index (χ2n) is 8.11. The smallest absolute Gasteiger partial charge is 0.264 e. The average Bonchev–Trinajstić information content (AvgIpc) is 3.15. The van der Waals surface area contributed by atoms with Crippen LogP contribution in [0.1, 0.15) is 120 Å². The van der Waals surface area contributed by atoms with Crippen LogP contribution >= 0.6 is 0 Å². The second kappa shape index (κ2) is 14.4. The van der Waals surface area contributed by atoms with E-state index in [4.69, 9.17) is 4.42 Å². The Hall–Kier alpha value is -1.64. The van der Waals surface area contributed by atoms with E-state index in [1.54, 1.807) is 0 Å². The summed E-state index contributed by atoms with van der Waals surface area (Å²) in [6.07, 6.45) is 20.6. The first-order valence-electron chi connectivity index (χ1n) is 11.7. The molecule has 0 spiro atoms. The number of oxazole rings is 1. The van der Waals surface area contributed by atoms with Gasteiger partial charge in [-0.25, -0.2) is 4.98 Å². The second-order valence-corrected chi connectivity index (χ2v) is 8.11. The van der Waals surface area contributed by atoms with Gasteiger partial charge in [-0.15, -0.1) is 0 Å². The number of ketones is 1. The van der Waals surface area contributed by atoms with Crippen molar-refractivity contribution in [1.82, 2.24) is 4.98 Å². The Morgan fingerprint density at radius 3 is 1.79 bits per heavy atom. The molecule has 0 unspecified atom stereocenters. The number of Topliss-reactive ketones (excluding diaryl/α,β-unsaturated/α-hetero) is 1. The molecule has 0 bridgehead atoms. The highest BCUT2D eigenvalue weighted by Gasteiger charge is 2.13. The molecule has 3 heteroatoms. The van der Waals surface area contributed by atoms with Crippen LogP contribution in [-0.2, 0) is 0 Å². The highest BCUT2D eigenvalue weighted by Crippen LogP contribution is 2.17.